The quantitative estimate of drug-likeness (QED) is 0.500. The van der Waals surface area contributed by atoms with Gasteiger partial charge in [-0.2, -0.15) is 0 Å². The van der Waals surface area contributed by atoms with Crippen LogP contribution in [0.2, 0.25) is 0 Å². The SMILES string of the molecule is O=C(Cc1c[nH]c2ccccc12)NNC(=O)c1ccc2ccccc2n1. The van der Waals surface area contributed by atoms with E-state index in [0.717, 1.165) is 27.4 Å². The minimum atomic E-state index is -0.456. The van der Waals surface area contributed by atoms with Crippen molar-refractivity contribution in [3.63, 3.8) is 0 Å². The van der Waals surface area contributed by atoms with Gasteiger partial charge in [0.25, 0.3) is 5.91 Å². The lowest BCUT2D eigenvalue weighted by Gasteiger charge is -2.07. The van der Waals surface area contributed by atoms with Gasteiger partial charge in [-0.25, -0.2) is 4.98 Å². The van der Waals surface area contributed by atoms with Gasteiger partial charge in [-0.1, -0.05) is 42.5 Å². The van der Waals surface area contributed by atoms with E-state index < -0.39 is 5.91 Å². The number of carbonyl (C=O) groups is 2. The van der Waals surface area contributed by atoms with Crippen molar-refractivity contribution in [2.24, 2.45) is 0 Å². The van der Waals surface area contributed by atoms with Crippen molar-refractivity contribution in [3.8, 4) is 0 Å². The second-order valence-electron chi connectivity index (χ2n) is 5.93. The zero-order valence-corrected chi connectivity index (χ0v) is 13.8. The van der Waals surface area contributed by atoms with E-state index in [1.165, 1.54) is 0 Å². The number of hydrazine groups is 1. The van der Waals surface area contributed by atoms with Crippen LogP contribution in [0.3, 0.4) is 0 Å². The van der Waals surface area contributed by atoms with E-state index in [2.05, 4.69) is 20.8 Å². The number of pyridine rings is 1. The van der Waals surface area contributed by atoms with E-state index in [-0.39, 0.29) is 18.0 Å². The first-order chi connectivity index (χ1) is 12.7. The van der Waals surface area contributed by atoms with Crippen LogP contribution >= 0.6 is 0 Å². The molecule has 128 valence electrons. The number of nitrogens with one attached hydrogen (secondary N) is 3. The van der Waals surface area contributed by atoms with E-state index in [4.69, 9.17) is 0 Å². The first-order valence-corrected chi connectivity index (χ1v) is 8.21. The third-order valence-electron chi connectivity index (χ3n) is 4.17. The van der Waals surface area contributed by atoms with Gasteiger partial charge in [0, 0.05) is 22.5 Å². The highest BCUT2D eigenvalue weighted by Crippen LogP contribution is 2.17. The standard InChI is InChI=1S/C20H16N4O2/c25-19(11-14-12-21-17-8-4-2-6-15(14)17)23-24-20(26)18-10-9-13-5-1-3-7-16(13)22-18/h1-10,12,21H,11H2,(H,23,25)(H,24,26). The molecule has 0 spiro atoms. The van der Waals surface area contributed by atoms with Gasteiger partial charge in [0.05, 0.1) is 11.9 Å². The number of H-pyrrole nitrogens is 1. The lowest BCUT2D eigenvalue weighted by Crippen LogP contribution is -2.42. The summed E-state index contributed by atoms with van der Waals surface area (Å²) in [5, 5.41) is 1.94. The van der Waals surface area contributed by atoms with E-state index in [9.17, 15) is 9.59 Å². The summed E-state index contributed by atoms with van der Waals surface area (Å²) in [6.07, 6.45) is 1.96. The zero-order chi connectivity index (χ0) is 17.9. The zero-order valence-electron chi connectivity index (χ0n) is 13.8. The Morgan fingerprint density at radius 3 is 2.65 bits per heavy atom. The Hall–Kier alpha value is -3.67. The van der Waals surface area contributed by atoms with Crippen LogP contribution in [-0.2, 0) is 11.2 Å². The molecule has 0 aliphatic rings. The number of rotatable bonds is 3. The lowest BCUT2D eigenvalue weighted by atomic mass is 10.1. The first-order valence-electron chi connectivity index (χ1n) is 8.21. The van der Waals surface area contributed by atoms with Gasteiger partial charge in [0.15, 0.2) is 0 Å². The molecule has 2 aromatic heterocycles. The van der Waals surface area contributed by atoms with Crippen molar-refractivity contribution in [3.05, 3.63) is 78.1 Å². The predicted octanol–water partition coefficient (Wildman–Crippen LogP) is 2.72. The molecule has 2 heterocycles. The number of benzene rings is 2. The van der Waals surface area contributed by atoms with Gasteiger partial charge in [-0.3, -0.25) is 20.4 Å². The van der Waals surface area contributed by atoms with Crippen LogP contribution in [-0.4, -0.2) is 21.8 Å². The normalized spacial score (nSPS) is 10.8. The topological polar surface area (TPSA) is 86.9 Å². The number of fused-ring (bicyclic) bond motifs is 2. The number of nitrogens with zero attached hydrogens (tertiary/aromatic N) is 1. The molecule has 0 bridgehead atoms. The number of amides is 2. The maximum Gasteiger partial charge on any atom is 0.288 e. The average molecular weight is 344 g/mol. The first kappa shape index (κ1) is 15.8. The fourth-order valence-corrected chi connectivity index (χ4v) is 2.88. The molecule has 2 amide bonds. The van der Waals surface area contributed by atoms with Crippen LogP contribution < -0.4 is 10.9 Å². The Kier molecular flexibility index (Phi) is 4.07. The lowest BCUT2D eigenvalue weighted by molar-refractivity contribution is -0.121. The van der Waals surface area contributed by atoms with Gasteiger partial charge in [-0.15, -0.1) is 0 Å². The Morgan fingerprint density at radius 1 is 0.923 bits per heavy atom. The van der Waals surface area contributed by atoms with Gasteiger partial charge < -0.3 is 4.98 Å². The molecular weight excluding hydrogens is 328 g/mol. The maximum atomic E-state index is 12.2. The summed E-state index contributed by atoms with van der Waals surface area (Å²) in [4.78, 5) is 31.8. The Labute approximate surface area is 149 Å². The van der Waals surface area contributed by atoms with Crippen molar-refractivity contribution in [1.82, 2.24) is 20.8 Å². The summed E-state index contributed by atoms with van der Waals surface area (Å²) >= 11 is 0. The minimum absolute atomic E-state index is 0.162. The molecule has 0 fully saturated rings. The molecule has 2 aromatic carbocycles. The van der Waals surface area contributed by atoms with Crippen molar-refractivity contribution in [2.75, 3.05) is 0 Å². The monoisotopic (exact) mass is 344 g/mol. The van der Waals surface area contributed by atoms with Gasteiger partial charge in [-0.05, 0) is 23.8 Å². The Bertz CT molecular complexity index is 1120. The van der Waals surface area contributed by atoms with Crippen LogP contribution in [0.25, 0.3) is 21.8 Å². The molecule has 4 aromatic rings. The van der Waals surface area contributed by atoms with Crippen LogP contribution in [0.15, 0.2) is 66.9 Å². The molecule has 0 saturated heterocycles. The van der Waals surface area contributed by atoms with Crippen molar-refractivity contribution < 1.29 is 9.59 Å². The summed E-state index contributed by atoms with van der Waals surface area (Å²) < 4.78 is 0. The third kappa shape index (κ3) is 3.12. The van der Waals surface area contributed by atoms with Gasteiger partial charge >= 0.3 is 0 Å². The van der Waals surface area contributed by atoms with Crippen LogP contribution in [0.5, 0.6) is 0 Å². The largest absolute Gasteiger partial charge is 0.361 e. The van der Waals surface area contributed by atoms with Gasteiger partial charge in [0.1, 0.15) is 5.69 Å². The van der Waals surface area contributed by atoms with E-state index >= 15 is 0 Å². The average Bonchev–Trinajstić information content (AvgIpc) is 3.08. The fraction of sp³-hybridized carbons (Fsp3) is 0.0500. The van der Waals surface area contributed by atoms with Crippen LogP contribution in [0.1, 0.15) is 16.1 Å². The number of aromatic nitrogens is 2. The molecular formula is C20H16N4O2. The van der Waals surface area contributed by atoms with Crippen molar-refractivity contribution in [2.45, 2.75) is 6.42 Å². The third-order valence-corrected chi connectivity index (χ3v) is 4.17. The van der Waals surface area contributed by atoms with Crippen LogP contribution in [0, 0.1) is 0 Å². The summed E-state index contributed by atoms with van der Waals surface area (Å²) in [5.74, 6) is -0.757. The van der Waals surface area contributed by atoms with Gasteiger partial charge in [0.2, 0.25) is 5.91 Å². The van der Waals surface area contributed by atoms with Crippen LogP contribution in [0.4, 0.5) is 0 Å². The molecule has 6 heteroatoms. The van der Waals surface area contributed by atoms with Crippen molar-refractivity contribution in [1.29, 1.82) is 0 Å². The second kappa shape index (κ2) is 6.68. The second-order valence-corrected chi connectivity index (χ2v) is 5.93. The Balaban J connectivity index is 1.41. The molecule has 4 rings (SSSR count). The molecule has 3 N–H and O–H groups in total. The van der Waals surface area contributed by atoms with Crippen molar-refractivity contribution >= 4 is 33.6 Å². The number of hydrogen-bond acceptors (Lipinski definition) is 3. The molecule has 6 nitrogen and oxygen atoms in total. The highest BCUT2D eigenvalue weighted by Gasteiger charge is 2.11. The summed E-state index contributed by atoms with van der Waals surface area (Å²) in [6, 6.07) is 18.7. The number of para-hydroxylation sites is 2. The minimum Gasteiger partial charge on any atom is -0.361 e. The highest BCUT2D eigenvalue weighted by molar-refractivity contribution is 5.96. The highest BCUT2D eigenvalue weighted by atomic mass is 16.2. The molecule has 0 atom stereocenters. The number of carbonyl (C=O) groups excluding carboxylic acids is 2. The fourth-order valence-electron chi connectivity index (χ4n) is 2.88. The number of aromatic amines is 1. The van der Waals surface area contributed by atoms with E-state index in [0.29, 0.717) is 0 Å². The Morgan fingerprint density at radius 2 is 1.73 bits per heavy atom. The summed E-state index contributed by atoms with van der Waals surface area (Å²) in [6.45, 7) is 0. The predicted molar refractivity (Wildman–Crippen MR) is 99.4 cm³/mol. The molecule has 26 heavy (non-hydrogen) atoms. The smallest absolute Gasteiger partial charge is 0.288 e. The number of hydrogen-bond donors (Lipinski definition) is 3. The van der Waals surface area contributed by atoms with E-state index in [1.54, 1.807) is 12.3 Å². The molecule has 0 unspecified atom stereocenters. The maximum absolute atomic E-state index is 12.2. The summed E-state index contributed by atoms with van der Waals surface area (Å²) in [5.41, 5.74) is 7.67. The molecule has 0 aliphatic heterocycles. The summed E-state index contributed by atoms with van der Waals surface area (Å²) in [7, 11) is 0. The molecule has 0 saturated carbocycles. The molecule has 0 radical (unpaired) electrons. The van der Waals surface area contributed by atoms with E-state index in [1.807, 2.05) is 54.6 Å². The molecule has 0 aliphatic carbocycles.